The van der Waals surface area contributed by atoms with E-state index in [1.54, 1.807) is 11.8 Å². The minimum Gasteiger partial charge on any atom is -0.366 e. The van der Waals surface area contributed by atoms with E-state index in [4.69, 9.17) is 4.74 Å². The third kappa shape index (κ3) is 4.86. The molecule has 2 unspecified atom stereocenters. The van der Waals surface area contributed by atoms with Gasteiger partial charge in [0, 0.05) is 19.1 Å². The van der Waals surface area contributed by atoms with Crippen LogP contribution < -0.4 is 10.6 Å². The molecule has 0 bridgehead atoms. The highest BCUT2D eigenvalue weighted by Gasteiger charge is 2.22. The van der Waals surface area contributed by atoms with Crippen LogP contribution in [0, 0.1) is 0 Å². The molecule has 0 spiro atoms. The number of ether oxygens (including phenoxy) is 1. The molecule has 2 N–H and O–H groups in total. The van der Waals surface area contributed by atoms with Crippen molar-refractivity contribution in [1.82, 2.24) is 10.6 Å². The fourth-order valence-electron chi connectivity index (χ4n) is 1.44. The van der Waals surface area contributed by atoms with Crippen LogP contribution in [-0.2, 0) is 9.53 Å². The van der Waals surface area contributed by atoms with Crippen LogP contribution in [-0.4, -0.2) is 49.8 Å². The zero-order chi connectivity index (χ0) is 11.1. The molecule has 2 atom stereocenters. The van der Waals surface area contributed by atoms with Gasteiger partial charge in [-0.15, -0.1) is 0 Å². The summed E-state index contributed by atoms with van der Waals surface area (Å²) in [4.78, 5) is 11.7. The number of rotatable bonds is 5. The second-order valence-corrected chi connectivity index (χ2v) is 4.74. The summed E-state index contributed by atoms with van der Waals surface area (Å²) in [5, 5.41) is 6.11. The highest BCUT2D eigenvalue weighted by molar-refractivity contribution is 7.98. The average Bonchev–Trinajstić information content (AvgIpc) is 2.27. The van der Waals surface area contributed by atoms with Crippen LogP contribution in [0.2, 0.25) is 0 Å². The van der Waals surface area contributed by atoms with E-state index in [9.17, 15) is 4.79 Å². The molecular weight excluding hydrogens is 212 g/mol. The summed E-state index contributed by atoms with van der Waals surface area (Å²) in [5.74, 6) is 1.08. The molecule has 1 fully saturated rings. The maximum Gasteiger partial charge on any atom is 0.250 e. The lowest BCUT2D eigenvalue weighted by Crippen LogP contribution is -2.49. The van der Waals surface area contributed by atoms with Crippen molar-refractivity contribution in [3.63, 3.8) is 0 Å². The second kappa shape index (κ2) is 7.09. The van der Waals surface area contributed by atoms with Crippen LogP contribution in [0.5, 0.6) is 0 Å². The molecule has 1 amide bonds. The smallest absolute Gasteiger partial charge is 0.250 e. The van der Waals surface area contributed by atoms with E-state index in [2.05, 4.69) is 16.9 Å². The van der Waals surface area contributed by atoms with Gasteiger partial charge in [0.15, 0.2) is 0 Å². The van der Waals surface area contributed by atoms with Crippen LogP contribution in [0.25, 0.3) is 0 Å². The topological polar surface area (TPSA) is 50.4 Å². The van der Waals surface area contributed by atoms with Crippen molar-refractivity contribution < 1.29 is 9.53 Å². The first kappa shape index (κ1) is 12.8. The Balaban J connectivity index is 2.21. The molecule has 1 heterocycles. The Hall–Kier alpha value is -0.260. The minimum atomic E-state index is -0.310. The van der Waals surface area contributed by atoms with Crippen molar-refractivity contribution in [2.45, 2.75) is 25.5 Å². The first-order chi connectivity index (χ1) is 7.24. The Bertz CT molecular complexity index is 196. The summed E-state index contributed by atoms with van der Waals surface area (Å²) in [6.07, 6.45) is 2.77. The summed E-state index contributed by atoms with van der Waals surface area (Å²) >= 11 is 1.80. The van der Waals surface area contributed by atoms with Crippen molar-refractivity contribution in [3.05, 3.63) is 0 Å². The molecular formula is C10H20N2O2S. The van der Waals surface area contributed by atoms with Gasteiger partial charge in [-0.05, 0) is 25.4 Å². The van der Waals surface area contributed by atoms with E-state index in [0.29, 0.717) is 13.2 Å². The fourth-order valence-corrected chi connectivity index (χ4v) is 2.03. The number of carbonyl (C=O) groups is 1. The van der Waals surface area contributed by atoms with E-state index in [-0.39, 0.29) is 18.1 Å². The van der Waals surface area contributed by atoms with E-state index in [1.165, 1.54) is 0 Å². The monoisotopic (exact) mass is 232 g/mol. The van der Waals surface area contributed by atoms with Crippen LogP contribution in [0.15, 0.2) is 0 Å². The number of nitrogens with one attached hydrogen (secondary N) is 2. The Labute approximate surface area is 95.5 Å². The first-order valence-corrected chi connectivity index (χ1v) is 6.75. The lowest BCUT2D eigenvalue weighted by atomic mass is 10.2. The van der Waals surface area contributed by atoms with Crippen molar-refractivity contribution >= 4 is 17.7 Å². The van der Waals surface area contributed by atoms with Crippen LogP contribution >= 0.6 is 11.8 Å². The summed E-state index contributed by atoms with van der Waals surface area (Å²) in [5.41, 5.74) is 0. The minimum absolute atomic E-state index is 0.0100. The Morgan fingerprint density at radius 2 is 2.53 bits per heavy atom. The van der Waals surface area contributed by atoms with Gasteiger partial charge >= 0.3 is 0 Å². The van der Waals surface area contributed by atoms with Crippen molar-refractivity contribution in [1.29, 1.82) is 0 Å². The molecule has 0 aromatic rings. The van der Waals surface area contributed by atoms with E-state index in [1.807, 2.05) is 6.92 Å². The zero-order valence-electron chi connectivity index (χ0n) is 9.41. The Morgan fingerprint density at radius 1 is 1.73 bits per heavy atom. The van der Waals surface area contributed by atoms with E-state index >= 15 is 0 Å². The van der Waals surface area contributed by atoms with E-state index in [0.717, 1.165) is 18.7 Å². The number of amides is 1. The SMILES string of the molecule is CSCCC(C)NC(=O)C1CNCCO1. The molecule has 5 heteroatoms. The highest BCUT2D eigenvalue weighted by atomic mass is 32.2. The molecule has 0 radical (unpaired) electrons. The number of thioether (sulfide) groups is 1. The molecule has 1 rings (SSSR count). The molecule has 0 aromatic heterocycles. The third-order valence-electron chi connectivity index (χ3n) is 2.36. The molecule has 1 aliphatic heterocycles. The van der Waals surface area contributed by atoms with Crippen molar-refractivity contribution in [3.8, 4) is 0 Å². The lowest BCUT2D eigenvalue weighted by Gasteiger charge is -2.24. The largest absolute Gasteiger partial charge is 0.366 e. The average molecular weight is 232 g/mol. The second-order valence-electron chi connectivity index (χ2n) is 3.75. The maximum absolute atomic E-state index is 11.7. The summed E-state index contributed by atoms with van der Waals surface area (Å²) < 4.78 is 5.37. The summed E-state index contributed by atoms with van der Waals surface area (Å²) in [7, 11) is 0. The fraction of sp³-hybridized carbons (Fsp3) is 0.900. The van der Waals surface area contributed by atoms with Crippen LogP contribution in [0.4, 0.5) is 0 Å². The highest BCUT2D eigenvalue weighted by Crippen LogP contribution is 2.02. The van der Waals surface area contributed by atoms with Gasteiger partial charge in [-0.2, -0.15) is 11.8 Å². The molecule has 88 valence electrons. The predicted molar refractivity (Wildman–Crippen MR) is 63.2 cm³/mol. The quantitative estimate of drug-likeness (QED) is 0.712. The molecule has 0 saturated carbocycles. The van der Waals surface area contributed by atoms with Gasteiger partial charge in [-0.3, -0.25) is 4.79 Å². The van der Waals surface area contributed by atoms with Crippen LogP contribution in [0.1, 0.15) is 13.3 Å². The van der Waals surface area contributed by atoms with Gasteiger partial charge in [-0.1, -0.05) is 0 Å². The molecule has 0 aromatic carbocycles. The normalized spacial score (nSPS) is 23.5. The first-order valence-electron chi connectivity index (χ1n) is 5.35. The lowest BCUT2D eigenvalue weighted by molar-refractivity contribution is -0.134. The number of carbonyl (C=O) groups excluding carboxylic acids is 1. The molecule has 0 aliphatic carbocycles. The molecule has 1 saturated heterocycles. The van der Waals surface area contributed by atoms with Gasteiger partial charge in [0.1, 0.15) is 6.10 Å². The standard InChI is InChI=1S/C10H20N2O2S/c1-8(3-6-15-2)12-10(13)9-7-11-4-5-14-9/h8-9,11H,3-7H2,1-2H3,(H,12,13). The number of hydrogen-bond donors (Lipinski definition) is 2. The van der Waals surface area contributed by atoms with Crippen molar-refractivity contribution in [2.24, 2.45) is 0 Å². The van der Waals surface area contributed by atoms with Gasteiger partial charge in [0.25, 0.3) is 5.91 Å². The summed E-state index contributed by atoms with van der Waals surface area (Å²) in [6.45, 7) is 4.12. The number of hydrogen-bond acceptors (Lipinski definition) is 4. The van der Waals surface area contributed by atoms with Gasteiger partial charge in [-0.25, -0.2) is 0 Å². The molecule has 1 aliphatic rings. The van der Waals surface area contributed by atoms with Gasteiger partial charge in [0.2, 0.25) is 0 Å². The van der Waals surface area contributed by atoms with Crippen molar-refractivity contribution in [2.75, 3.05) is 31.7 Å². The maximum atomic E-state index is 11.7. The van der Waals surface area contributed by atoms with E-state index < -0.39 is 0 Å². The predicted octanol–water partition coefficient (Wildman–Crippen LogP) is 0.233. The number of morpholine rings is 1. The Morgan fingerprint density at radius 3 is 3.13 bits per heavy atom. The van der Waals surface area contributed by atoms with Crippen LogP contribution in [0.3, 0.4) is 0 Å². The summed E-state index contributed by atoms with van der Waals surface area (Å²) in [6, 6.07) is 0.232. The zero-order valence-corrected chi connectivity index (χ0v) is 10.2. The van der Waals surface area contributed by atoms with Gasteiger partial charge < -0.3 is 15.4 Å². The third-order valence-corrected chi connectivity index (χ3v) is 3.01. The molecule has 4 nitrogen and oxygen atoms in total. The Kier molecular flexibility index (Phi) is 6.05. The molecule has 15 heavy (non-hydrogen) atoms. The van der Waals surface area contributed by atoms with Gasteiger partial charge in [0.05, 0.1) is 6.61 Å².